The van der Waals surface area contributed by atoms with E-state index in [1.165, 1.54) is 6.07 Å². The number of benzene rings is 1. The van der Waals surface area contributed by atoms with E-state index in [0.29, 0.717) is 5.56 Å². The van der Waals surface area contributed by atoms with E-state index in [1.54, 1.807) is 36.6 Å². The molecule has 2 aromatic rings. The number of thiophene rings is 1. The summed E-state index contributed by atoms with van der Waals surface area (Å²) in [4.78, 5) is 35.6. The lowest BCUT2D eigenvalue weighted by Crippen LogP contribution is -2.31. The van der Waals surface area contributed by atoms with Gasteiger partial charge in [0.15, 0.2) is 9.84 Å². The number of hydrogen-bond acceptors (Lipinski definition) is 7. The molecular weight excluding hydrogens is 416 g/mol. The average molecular weight is 439 g/mol. The number of alkyl carbamates (subject to hydrolysis) is 1. The molecule has 1 aromatic carbocycles. The zero-order valence-corrected chi connectivity index (χ0v) is 17.5. The Balaban J connectivity index is 1.83. The molecule has 156 valence electrons. The number of carbonyl (C=O) groups is 3. The zero-order chi connectivity index (χ0) is 21.3. The first-order valence-corrected chi connectivity index (χ1v) is 11.6. The second-order valence-electron chi connectivity index (χ2n) is 6.07. The smallest absolute Gasteiger partial charge is 0.414 e. The van der Waals surface area contributed by atoms with Crippen molar-refractivity contribution >= 4 is 44.1 Å². The molecule has 3 amide bonds. The van der Waals surface area contributed by atoms with E-state index in [2.05, 4.69) is 15.4 Å². The highest BCUT2D eigenvalue weighted by Crippen LogP contribution is 2.23. The Morgan fingerprint density at radius 3 is 2.52 bits per heavy atom. The largest absolute Gasteiger partial charge is 0.450 e. The highest BCUT2D eigenvalue weighted by atomic mass is 32.2. The summed E-state index contributed by atoms with van der Waals surface area (Å²) >= 11 is 1.12. The molecule has 1 aromatic heterocycles. The fraction of sp³-hybridized carbons (Fsp3) is 0.316. The van der Waals surface area contributed by atoms with Gasteiger partial charge in [-0.1, -0.05) is 30.3 Å². The Morgan fingerprint density at radius 2 is 1.83 bits per heavy atom. The third kappa shape index (κ3) is 7.66. The van der Waals surface area contributed by atoms with Gasteiger partial charge in [-0.15, -0.1) is 11.3 Å². The molecule has 2 rings (SSSR count). The first-order valence-electron chi connectivity index (χ1n) is 8.90. The highest BCUT2D eigenvalue weighted by molar-refractivity contribution is 7.90. The Labute approximate surface area is 173 Å². The third-order valence-corrected chi connectivity index (χ3v) is 6.26. The number of hydrogen-bond donors (Lipinski definition) is 2. The van der Waals surface area contributed by atoms with Crippen molar-refractivity contribution in [3.05, 3.63) is 52.9 Å². The molecule has 29 heavy (non-hydrogen) atoms. The lowest BCUT2D eigenvalue weighted by molar-refractivity contribution is -0.116. The van der Waals surface area contributed by atoms with Crippen LogP contribution in [0.1, 0.15) is 35.7 Å². The van der Waals surface area contributed by atoms with Crippen molar-refractivity contribution in [2.45, 2.75) is 25.5 Å². The van der Waals surface area contributed by atoms with E-state index < -0.39 is 27.7 Å². The van der Waals surface area contributed by atoms with Crippen LogP contribution in [0.4, 0.5) is 9.80 Å². The van der Waals surface area contributed by atoms with Crippen molar-refractivity contribution in [2.24, 2.45) is 0 Å². The second kappa shape index (κ2) is 10.7. The SMILES string of the molecule is CCOC(=O)NC(=O)c1ccsc1NC(=O)CCCS(=O)(=O)Cc1ccccc1. The van der Waals surface area contributed by atoms with Gasteiger partial charge in [-0.05, 0) is 30.4 Å². The van der Waals surface area contributed by atoms with Gasteiger partial charge in [0.2, 0.25) is 5.91 Å². The molecule has 0 radical (unpaired) electrons. The van der Waals surface area contributed by atoms with Crippen LogP contribution in [-0.2, 0) is 25.1 Å². The van der Waals surface area contributed by atoms with E-state index in [-0.39, 0.29) is 41.5 Å². The van der Waals surface area contributed by atoms with Gasteiger partial charge in [-0.3, -0.25) is 14.9 Å². The predicted octanol–water partition coefficient (Wildman–Crippen LogP) is 2.97. The quantitative estimate of drug-likeness (QED) is 0.621. The fourth-order valence-corrected chi connectivity index (χ4v) is 4.68. The summed E-state index contributed by atoms with van der Waals surface area (Å²) in [5.41, 5.74) is 0.834. The first-order chi connectivity index (χ1) is 13.8. The summed E-state index contributed by atoms with van der Waals surface area (Å²) in [5.74, 6) is -1.29. The number of rotatable bonds is 9. The van der Waals surface area contributed by atoms with E-state index in [4.69, 9.17) is 0 Å². The summed E-state index contributed by atoms with van der Waals surface area (Å²) in [5, 5.41) is 6.52. The van der Waals surface area contributed by atoms with Crippen LogP contribution >= 0.6 is 11.3 Å². The van der Waals surface area contributed by atoms with Gasteiger partial charge >= 0.3 is 6.09 Å². The molecule has 0 aliphatic heterocycles. The minimum absolute atomic E-state index is 0.00907. The molecule has 0 spiro atoms. The number of sulfone groups is 1. The molecule has 2 N–H and O–H groups in total. The Hall–Kier alpha value is -2.72. The van der Waals surface area contributed by atoms with Crippen molar-refractivity contribution in [2.75, 3.05) is 17.7 Å². The molecule has 0 saturated heterocycles. The highest BCUT2D eigenvalue weighted by Gasteiger charge is 2.18. The number of anilines is 1. The molecule has 8 nitrogen and oxygen atoms in total. The molecule has 0 atom stereocenters. The number of ether oxygens (including phenoxy) is 1. The van der Waals surface area contributed by atoms with Crippen LogP contribution in [0.15, 0.2) is 41.8 Å². The van der Waals surface area contributed by atoms with Crippen LogP contribution in [0.25, 0.3) is 0 Å². The van der Waals surface area contributed by atoms with Crippen molar-refractivity contribution < 1.29 is 27.5 Å². The van der Waals surface area contributed by atoms with Crippen molar-refractivity contribution in [3.8, 4) is 0 Å². The van der Waals surface area contributed by atoms with E-state index in [9.17, 15) is 22.8 Å². The Morgan fingerprint density at radius 1 is 1.10 bits per heavy atom. The predicted molar refractivity (Wildman–Crippen MR) is 111 cm³/mol. The summed E-state index contributed by atoms with van der Waals surface area (Å²) in [6.45, 7) is 1.74. The number of nitrogens with one attached hydrogen (secondary N) is 2. The van der Waals surface area contributed by atoms with Crippen molar-refractivity contribution in [1.82, 2.24) is 5.32 Å². The van der Waals surface area contributed by atoms with Gasteiger partial charge in [-0.2, -0.15) is 0 Å². The molecule has 0 unspecified atom stereocenters. The summed E-state index contributed by atoms with van der Waals surface area (Å²) in [6.07, 6.45) is -0.716. The first kappa shape index (κ1) is 22.6. The molecule has 0 bridgehead atoms. The van der Waals surface area contributed by atoms with Gasteiger partial charge in [0.1, 0.15) is 5.00 Å². The molecule has 1 heterocycles. The summed E-state index contributed by atoms with van der Waals surface area (Å²) < 4.78 is 29.0. The lowest BCUT2D eigenvalue weighted by atomic mass is 10.2. The van der Waals surface area contributed by atoms with Gasteiger partial charge in [0.05, 0.1) is 23.7 Å². The molecule has 0 saturated carbocycles. The third-order valence-electron chi connectivity index (χ3n) is 3.74. The Kier molecular flexibility index (Phi) is 8.34. The minimum atomic E-state index is -3.33. The van der Waals surface area contributed by atoms with Gasteiger partial charge < -0.3 is 10.1 Å². The van der Waals surface area contributed by atoms with Crippen LogP contribution in [0.3, 0.4) is 0 Å². The number of imide groups is 1. The van der Waals surface area contributed by atoms with Crippen LogP contribution in [0.2, 0.25) is 0 Å². The molecule has 10 heteroatoms. The van der Waals surface area contributed by atoms with Crippen LogP contribution in [-0.4, -0.2) is 38.7 Å². The topological polar surface area (TPSA) is 119 Å². The monoisotopic (exact) mass is 438 g/mol. The Bertz CT molecular complexity index is 954. The normalized spacial score (nSPS) is 10.9. The van der Waals surface area contributed by atoms with E-state index >= 15 is 0 Å². The van der Waals surface area contributed by atoms with Gasteiger partial charge in [0, 0.05) is 6.42 Å². The van der Waals surface area contributed by atoms with Crippen LogP contribution in [0, 0.1) is 0 Å². The van der Waals surface area contributed by atoms with Crippen LogP contribution < -0.4 is 10.6 Å². The van der Waals surface area contributed by atoms with E-state index in [0.717, 1.165) is 11.3 Å². The molecule has 0 aliphatic rings. The standard InChI is InChI=1S/C19H22N2O6S2/c1-2-27-19(24)21-17(23)15-10-11-28-18(15)20-16(22)9-6-12-29(25,26)13-14-7-4-3-5-8-14/h3-5,7-8,10-11H,2,6,9,12-13H2,1H3,(H,20,22)(H,21,23,24). The van der Waals surface area contributed by atoms with Crippen molar-refractivity contribution in [3.63, 3.8) is 0 Å². The number of amides is 3. The molecule has 0 fully saturated rings. The summed E-state index contributed by atoms with van der Waals surface area (Å²) in [6, 6.07) is 10.3. The van der Waals surface area contributed by atoms with Crippen molar-refractivity contribution in [1.29, 1.82) is 0 Å². The molecule has 0 aliphatic carbocycles. The van der Waals surface area contributed by atoms with Crippen LogP contribution in [0.5, 0.6) is 0 Å². The maximum Gasteiger partial charge on any atom is 0.414 e. The van der Waals surface area contributed by atoms with Gasteiger partial charge in [-0.25, -0.2) is 13.2 Å². The molecular formula is C19H22N2O6S2. The summed E-state index contributed by atoms with van der Waals surface area (Å²) in [7, 11) is -3.33. The maximum atomic E-state index is 12.2. The lowest BCUT2D eigenvalue weighted by Gasteiger charge is -2.07. The fourth-order valence-electron chi connectivity index (χ4n) is 2.45. The second-order valence-corrected chi connectivity index (χ2v) is 9.17. The van der Waals surface area contributed by atoms with Gasteiger partial charge in [0.25, 0.3) is 5.91 Å². The zero-order valence-electron chi connectivity index (χ0n) is 15.8. The minimum Gasteiger partial charge on any atom is -0.450 e. The number of carbonyl (C=O) groups excluding carboxylic acids is 3. The average Bonchev–Trinajstić information content (AvgIpc) is 3.10. The van der Waals surface area contributed by atoms with E-state index in [1.807, 2.05) is 6.07 Å². The maximum absolute atomic E-state index is 12.2.